The SMILES string of the molecule is CC(C)COc1ccc(C(=O)NC2CCc3nccn3C2)cn1. The van der Waals surface area contributed by atoms with Crippen LogP contribution in [-0.4, -0.2) is 33.1 Å². The number of carbonyl (C=O) groups is 1. The van der Waals surface area contributed by atoms with Gasteiger partial charge in [0.05, 0.1) is 12.2 Å². The average molecular weight is 314 g/mol. The fourth-order valence-corrected chi connectivity index (χ4v) is 2.61. The lowest BCUT2D eigenvalue weighted by molar-refractivity contribution is 0.0927. The van der Waals surface area contributed by atoms with Crippen molar-refractivity contribution in [2.45, 2.75) is 39.3 Å². The quantitative estimate of drug-likeness (QED) is 0.917. The van der Waals surface area contributed by atoms with Crippen LogP contribution in [0, 0.1) is 5.92 Å². The lowest BCUT2D eigenvalue weighted by atomic mass is 10.1. The van der Waals surface area contributed by atoms with Crippen molar-refractivity contribution >= 4 is 5.91 Å². The van der Waals surface area contributed by atoms with Crippen LogP contribution in [0.3, 0.4) is 0 Å². The van der Waals surface area contributed by atoms with Crippen LogP contribution in [0.1, 0.15) is 36.5 Å². The molecule has 1 N–H and O–H groups in total. The largest absolute Gasteiger partial charge is 0.477 e. The molecule has 0 radical (unpaired) electrons. The Labute approximate surface area is 135 Å². The third-order valence-electron chi connectivity index (χ3n) is 3.83. The average Bonchev–Trinajstić information content (AvgIpc) is 3.01. The predicted molar refractivity (Wildman–Crippen MR) is 86.4 cm³/mol. The maximum Gasteiger partial charge on any atom is 0.253 e. The molecule has 3 heterocycles. The molecule has 2 aromatic heterocycles. The number of fused-ring (bicyclic) bond motifs is 1. The Morgan fingerprint density at radius 1 is 1.43 bits per heavy atom. The number of nitrogens with one attached hydrogen (secondary N) is 1. The number of aromatic nitrogens is 3. The van der Waals surface area contributed by atoms with Crippen LogP contribution in [-0.2, 0) is 13.0 Å². The van der Waals surface area contributed by atoms with Gasteiger partial charge in [0.1, 0.15) is 5.82 Å². The van der Waals surface area contributed by atoms with Gasteiger partial charge in [-0.25, -0.2) is 9.97 Å². The van der Waals surface area contributed by atoms with Crippen molar-refractivity contribution in [3.8, 4) is 5.88 Å². The molecule has 122 valence electrons. The number of carbonyl (C=O) groups excluding carboxylic acids is 1. The fourth-order valence-electron chi connectivity index (χ4n) is 2.61. The van der Waals surface area contributed by atoms with Crippen LogP contribution in [0.5, 0.6) is 5.88 Å². The molecule has 0 bridgehead atoms. The van der Waals surface area contributed by atoms with Crippen molar-refractivity contribution in [2.24, 2.45) is 5.92 Å². The summed E-state index contributed by atoms with van der Waals surface area (Å²) in [6.07, 6.45) is 7.12. The summed E-state index contributed by atoms with van der Waals surface area (Å²) < 4.78 is 7.62. The number of pyridine rings is 1. The van der Waals surface area contributed by atoms with Crippen LogP contribution in [0.25, 0.3) is 0 Å². The molecule has 0 aliphatic carbocycles. The summed E-state index contributed by atoms with van der Waals surface area (Å²) in [5.41, 5.74) is 0.554. The van der Waals surface area contributed by atoms with Gasteiger partial charge in [0, 0.05) is 43.7 Å². The van der Waals surface area contributed by atoms with E-state index in [1.54, 1.807) is 24.5 Å². The highest BCUT2D eigenvalue weighted by molar-refractivity contribution is 5.94. The van der Waals surface area contributed by atoms with Gasteiger partial charge in [0.15, 0.2) is 0 Å². The van der Waals surface area contributed by atoms with E-state index in [1.807, 2.05) is 6.20 Å². The Hall–Kier alpha value is -2.37. The number of amides is 1. The Kier molecular flexibility index (Phi) is 4.60. The van der Waals surface area contributed by atoms with E-state index in [2.05, 4.69) is 33.7 Å². The van der Waals surface area contributed by atoms with Crippen molar-refractivity contribution in [3.05, 3.63) is 42.1 Å². The van der Waals surface area contributed by atoms with E-state index in [-0.39, 0.29) is 11.9 Å². The van der Waals surface area contributed by atoms with Gasteiger partial charge in [0.2, 0.25) is 5.88 Å². The first-order chi connectivity index (χ1) is 11.1. The molecule has 1 unspecified atom stereocenters. The first-order valence-corrected chi connectivity index (χ1v) is 8.01. The van der Waals surface area contributed by atoms with Gasteiger partial charge in [-0.1, -0.05) is 13.8 Å². The maximum atomic E-state index is 12.3. The number of ether oxygens (including phenoxy) is 1. The number of hydrogen-bond donors (Lipinski definition) is 1. The Balaban J connectivity index is 1.56. The molecule has 1 atom stereocenters. The normalized spacial score (nSPS) is 16.9. The first-order valence-electron chi connectivity index (χ1n) is 8.01. The summed E-state index contributed by atoms with van der Waals surface area (Å²) in [7, 11) is 0. The molecule has 0 spiro atoms. The van der Waals surface area contributed by atoms with Crippen molar-refractivity contribution < 1.29 is 9.53 Å². The summed E-state index contributed by atoms with van der Waals surface area (Å²) in [4.78, 5) is 20.8. The second kappa shape index (κ2) is 6.81. The summed E-state index contributed by atoms with van der Waals surface area (Å²) in [6, 6.07) is 3.62. The zero-order valence-electron chi connectivity index (χ0n) is 13.5. The second-order valence-corrected chi connectivity index (χ2v) is 6.29. The van der Waals surface area contributed by atoms with Gasteiger partial charge in [-0.3, -0.25) is 4.79 Å². The molecule has 2 aromatic rings. The van der Waals surface area contributed by atoms with Gasteiger partial charge < -0.3 is 14.6 Å². The van der Waals surface area contributed by atoms with Crippen molar-refractivity contribution in [1.82, 2.24) is 19.9 Å². The van der Waals surface area contributed by atoms with Gasteiger partial charge in [-0.05, 0) is 18.4 Å². The van der Waals surface area contributed by atoms with Crippen LogP contribution in [0.15, 0.2) is 30.7 Å². The summed E-state index contributed by atoms with van der Waals surface area (Å²) in [5.74, 6) is 1.99. The lowest BCUT2D eigenvalue weighted by Gasteiger charge is -2.24. The van der Waals surface area contributed by atoms with Gasteiger partial charge in [-0.15, -0.1) is 0 Å². The summed E-state index contributed by atoms with van der Waals surface area (Å²) in [6.45, 7) is 5.55. The number of hydrogen-bond acceptors (Lipinski definition) is 4. The standard InChI is InChI=1S/C17H22N4O2/c1-12(2)11-23-16-6-3-13(9-19-16)17(22)20-14-4-5-15-18-7-8-21(15)10-14/h3,6-9,12,14H,4-5,10-11H2,1-2H3,(H,20,22). The highest BCUT2D eigenvalue weighted by Gasteiger charge is 2.20. The Morgan fingerprint density at radius 3 is 3.04 bits per heavy atom. The molecule has 1 aliphatic heterocycles. The van der Waals surface area contributed by atoms with Gasteiger partial charge >= 0.3 is 0 Å². The van der Waals surface area contributed by atoms with E-state index in [0.717, 1.165) is 25.2 Å². The molecule has 6 nitrogen and oxygen atoms in total. The number of nitrogens with zero attached hydrogens (tertiary/aromatic N) is 3. The smallest absolute Gasteiger partial charge is 0.253 e. The summed E-state index contributed by atoms with van der Waals surface area (Å²) in [5, 5.41) is 3.07. The maximum absolute atomic E-state index is 12.3. The van der Waals surface area contributed by atoms with Crippen LogP contribution >= 0.6 is 0 Å². The first kappa shape index (κ1) is 15.5. The Bertz CT molecular complexity index is 663. The number of imidazole rings is 1. The molecular weight excluding hydrogens is 292 g/mol. The highest BCUT2D eigenvalue weighted by atomic mass is 16.5. The van der Waals surface area contributed by atoms with Gasteiger partial charge in [0.25, 0.3) is 5.91 Å². The third kappa shape index (κ3) is 3.88. The van der Waals surface area contributed by atoms with Gasteiger partial charge in [-0.2, -0.15) is 0 Å². The van der Waals surface area contributed by atoms with Crippen LogP contribution in [0.2, 0.25) is 0 Å². The number of rotatable bonds is 5. The van der Waals surface area contributed by atoms with Crippen molar-refractivity contribution in [1.29, 1.82) is 0 Å². The summed E-state index contributed by atoms with van der Waals surface area (Å²) >= 11 is 0. The minimum atomic E-state index is -0.0959. The van der Waals surface area contributed by atoms with Crippen molar-refractivity contribution in [3.63, 3.8) is 0 Å². The topological polar surface area (TPSA) is 69.0 Å². The molecule has 1 aliphatic rings. The van der Waals surface area contributed by atoms with E-state index in [4.69, 9.17) is 4.74 Å². The molecule has 3 rings (SSSR count). The molecule has 1 amide bonds. The monoisotopic (exact) mass is 314 g/mol. The predicted octanol–water partition coefficient (Wildman–Crippen LogP) is 2.06. The van der Waals surface area contributed by atoms with E-state index < -0.39 is 0 Å². The zero-order chi connectivity index (χ0) is 16.2. The van der Waals surface area contributed by atoms with E-state index in [9.17, 15) is 4.79 Å². The third-order valence-corrected chi connectivity index (χ3v) is 3.83. The van der Waals surface area contributed by atoms with E-state index in [0.29, 0.717) is 24.0 Å². The van der Waals surface area contributed by atoms with E-state index >= 15 is 0 Å². The van der Waals surface area contributed by atoms with Crippen LogP contribution in [0.4, 0.5) is 0 Å². The molecule has 6 heteroatoms. The molecule has 0 saturated heterocycles. The lowest BCUT2D eigenvalue weighted by Crippen LogP contribution is -2.40. The molecular formula is C17H22N4O2. The molecule has 23 heavy (non-hydrogen) atoms. The fraction of sp³-hybridized carbons (Fsp3) is 0.471. The highest BCUT2D eigenvalue weighted by Crippen LogP contribution is 2.14. The molecule has 0 fully saturated rings. The minimum absolute atomic E-state index is 0.0959. The second-order valence-electron chi connectivity index (χ2n) is 6.29. The minimum Gasteiger partial charge on any atom is -0.477 e. The van der Waals surface area contributed by atoms with E-state index in [1.165, 1.54) is 0 Å². The molecule has 0 saturated carbocycles. The van der Waals surface area contributed by atoms with Crippen molar-refractivity contribution in [2.75, 3.05) is 6.61 Å². The Morgan fingerprint density at radius 2 is 2.30 bits per heavy atom. The zero-order valence-corrected chi connectivity index (χ0v) is 13.5. The van der Waals surface area contributed by atoms with Crippen LogP contribution < -0.4 is 10.1 Å². The molecule has 0 aromatic carbocycles. The number of aryl methyl sites for hydroxylation is 1.